The minimum atomic E-state index is -0.367. The largest absolute Gasteiger partial charge is 0.465 e. The predicted octanol–water partition coefficient (Wildman–Crippen LogP) is 3.35. The smallest absolute Gasteiger partial charge is 0.339 e. The van der Waals surface area contributed by atoms with Crippen molar-refractivity contribution in [1.29, 1.82) is 0 Å². The van der Waals surface area contributed by atoms with Crippen molar-refractivity contribution in [2.45, 2.75) is 18.5 Å². The summed E-state index contributed by atoms with van der Waals surface area (Å²) in [6, 6.07) is 17.3. The Balaban J connectivity index is 1.49. The summed E-state index contributed by atoms with van der Waals surface area (Å²) in [7, 11) is 1.41. The predicted molar refractivity (Wildman–Crippen MR) is 141 cm³/mol. The number of hydrogen-bond donors (Lipinski definition) is 1. The van der Waals surface area contributed by atoms with Gasteiger partial charge in [0.25, 0.3) is 0 Å². The Bertz CT molecular complexity index is 1190. The minimum absolute atomic E-state index is 0.0993. The number of aromatic nitrogens is 2. The number of nitrogens with zero attached hydrogens (tertiary/aromatic N) is 4. The number of morpholine rings is 1. The molecule has 0 bridgehead atoms. The maximum atomic E-state index is 12.6. The number of hydrogen-bond acceptors (Lipinski definition) is 6. The first kappa shape index (κ1) is 24.4. The van der Waals surface area contributed by atoms with Crippen LogP contribution in [0, 0.1) is 0 Å². The average molecular weight is 506 g/mol. The van der Waals surface area contributed by atoms with Gasteiger partial charge in [0.2, 0.25) is 0 Å². The highest BCUT2D eigenvalue weighted by molar-refractivity contribution is 7.80. The van der Waals surface area contributed by atoms with Crippen molar-refractivity contribution < 1.29 is 14.3 Å². The lowest BCUT2D eigenvalue weighted by atomic mass is 10.0. The van der Waals surface area contributed by atoms with Gasteiger partial charge in [-0.25, -0.2) is 4.79 Å². The number of nitrogens with one attached hydrogen (secondary N) is 1. The van der Waals surface area contributed by atoms with Gasteiger partial charge < -0.3 is 24.3 Å². The standard InChI is InChI=1S/C27H31N5O3S/c1-34-26(33)20-8-2-3-10-22(20)31-14-6-11-23(31)25-24(21-9-4-5-12-28-21)29-27(36)32(25)15-7-13-30-16-18-35-19-17-30/h2-6,8-12,14,24-25H,7,13,15-19H2,1H3,(H,29,36)/t24-,25+/m1/s1. The van der Waals surface area contributed by atoms with Crippen molar-refractivity contribution in [3.63, 3.8) is 0 Å². The number of pyridine rings is 1. The molecule has 0 unspecified atom stereocenters. The van der Waals surface area contributed by atoms with Gasteiger partial charge in [-0.15, -0.1) is 0 Å². The zero-order valence-electron chi connectivity index (χ0n) is 20.4. The molecule has 2 atom stereocenters. The molecule has 9 heteroatoms. The molecule has 36 heavy (non-hydrogen) atoms. The fourth-order valence-electron chi connectivity index (χ4n) is 5.08. The number of rotatable bonds is 8. The molecule has 0 radical (unpaired) electrons. The fraction of sp³-hybridized carbons (Fsp3) is 0.370. The van der Waals surface area contributed by atoms with Crippen LogP contribution in [-0.4, -0.2) is 76.9 Å². The van der Waals surface area contributed by atoms with Crippen LogP contribution in [0.15, 0.2) is 67.0 Å². The van der Waals surface area contributed by atoms with Crippen LogP contribution in [-0.2, 0) is 9.47 Å². The van der Waals surface area contributed by atoms with E-state index in [0.29, 0.717) is 10.7 Å². The molecular weight excluding hydrogens is 474 g/mol. The zero-order valence-corrected chi connectivity index (χ0v) is 21.2. The van der Waals surface area contributed by atoms with Crippen molar-refractivity contribution in [2.24, 2.45) is 0 Å². The first-order valence-corrected chi connectivity index (χ1v) is 12.7. The van der Waals surface area contributed by atoms with Crippen LogP contribution >= 0.6 is 12.2 Å². The van der Waals surface area contributed by atoms with Gasteiger partial charge in [-0.05, 0) is 55.0 Å². The Morgan fingerprint density at radius 1 is 1.11 bits per heavy atom. The van der Waals surface area contributed by atoms with Gasteiger partial charge in [-0.2, -0.15) is 0 Å². The van der Waals surface area contributed by atoms with Gasteiger partial charge >= 0.3 is 5.97 Å². The summed E-state index contributed by atoms with van der Waals surface area (Å²) in [4.78, 5) is 21.9. The lowest BCUT2D eigenvalue weighted by Gasteiger charge is -2.31. The molecule has 0 amide bonds. The number of carbonyl (C=O) groups excluding carboxylic acids is 1. The van der Waals surface area contributed by atoms with Gasteiger partial charge in [-0.3, -0.25) is 9.88 Å². The maximum Gasteiger partial charge on any atom is 0.339 e. The molecule has 2 saturated heterocycles. The zero-order chi connectivity index (χ0) is 24.9. The van der Waals surface area contributed by atoms with Gasteiger partial charge in [0.15, 0.2) is 5.11 Å². The second-order valence-corrected chi connectivity index (χ2v) is 9.33. The van der Waals surface area contributed by atoms with Crippen molar-refractivity contribution in [2.75, 3.05) is 46.5 Å². The van der Waals surface area contributed by atoms with Crippen molar-refractivity contribution in [1.82, 2.24) is 24.7 Å². The summed E-state index contributed by atoms with van der Waals surface area (Å²) in [5, 5.41) is 4.25. The molecule has 1 aromatic carbocycles. The number of ether oxygens (including phenoxy) is 2. The summed E-state index contributed by atoms with van der Waals surface area (Å²) >= 11 is 5.85. The van der Waals surface area contributed by atoms with E-state index in [9.17, 15) is 4.79 Å². The molecule has 4 heterocycles. The molecule has 188 valence electrons. The summed E-state index contributed by atoms with van der Waals surface area (Å²) in [5.74, 6) is -0.367. The topological polar surface area (TPSA) is 71.9 Å². The Hall–Kier alpha value is -3.27. The van der Waals surface area contributed by atoms with Gasteiger partial charge in [0.1, 0.15) is 0 Å². The second kappa shape index (κ2) is 11.2. The van der Waals surface area contributed by atoms with Crippen LogP contribution in [0.1, 0.15) is 40.3 Å². The van der Waals surface area contributed by atoms with E-state index in [1.807, 2.05) is 54.9 Å². The van der Waals surface area contributed by atoms with Crippen molar-refractivity contribution in [3.05, 3.63) is 83.9 Å². The molecule has 0 spiro atoms. The Kier molecular flexibility index (Phi) is 7.60. The van der Waals surface area contributed by atoms with E-state index >= 15 is 0 Å². The number of esters is 1. The summed E-state index contributed by atoms with van der Waals surface area (Å²) < 4.78 is 12.6. The summed E-state index contributed by atoms with van der Waals surface area (Å²) in [6.07, 6.45) is 4.77. The maximum absolute atomic E-state index is 12.6. The molecule has 2 aliphatic heterocycles. The number of benzene rings is 1. The molecule has 8 nitrogen and oxygen atoms in total. The third-order valence-electron chi connectivity index (χ3n) is 6.83. The van der Waals surface area contributed by atoms with Gasteiger partial charge in [0.05, 0.1) is 49.4 Å². The number of carbonyl (C=O) groups is 1. The highest BCUT2D eigenvalue weighted by Gasteiger charge is 2.41. The van der Waals surface area contributed by atoms with Crippen molar-refractivity contribution >= 4 is 23.3 Å². The average Bonchev–Trinajstić information content (AvgIpc) is 3.53. The molecular formula is C27H31N5O3S. The summed E-state index contributed by atoms with van der Waals surface area (Å²) in [5.41, 5.74) is 3.24. The van der Waals surface area contributed by atoms with E-state index in [4.69, 9.17) is 21.7 Å². The van der Waals surface area contributed by atoms with E-state index in [2.05, 4.69) is 30.7 Å². The second-order valence-electron chi connectivity index (χ2n) is 8.94. The Labute approximate surface area is 216 Å². The summed E-state index contributed by atoms with van der Waals surface area (Å²) in [6.45, 7) is 5.32. The van der Waals surface area contributed by atoms with E-state index in [1.54, 1.807) is 6.07 Å². The highest BCUT2D eigenvalue weighted by atomic mass is 32.1. The van der Waals surface area contributed by atoms with Crippen LogP contribution in [0.4, 0.5) is 0 Å². The van der Waals surface area contributed by atoms with Crippen LogP contribution in [0.5, 0.6) is 0 Å². The normalized spacial score (nSPS) is 20.4. The molecule has 1 N–H and O–H groups in total. The van der Waals surface area contributed by atoms with Gasteiger partial charge in [-0.1, -0.05) is 18.2 Å². The lowest BCUT2D eigenvalue weighted by Crippen LogP contribution is -2.39. The molecule has 2 fully saturated rings. The van der Waals surface area contributed by atoms with Crippen molar-refractivity contribution in [3.8, 4) is 5.69 Å². The molecule has 5 rings (SSSR count). The highest BCUT2D eigenvalue weighted by Crippen LogP contribution is 2.40. The van der Waals surface area contributed by atoms with E-state index in [1.165, 1.54) is 7.11 Å². The van der Waals surface area contributed by atoms with Crippen LogP contribution in [0.25, 0.3) is 5.69 Å². The van der Waals surface area contributed by atoms with Crippen LogP contribution < -0.4 is 5.32 Å². The van der Waals surface area contributed by atoms with E-state index in [-0.39, 0.29) is 18.1 Å². The minimum Gasteiger partial charge on any atom is -0.465 e. The van der Waals surface area contributed by atoms with E-state index < -0.39 is 0 Å². The number of para-hydroxylation sites is 1. The fourth-order valence-corrected chi connectivity index (χ4v) is 5.41. The molecule has 2 aromatic heterocycles. The Morgan fingerprint density at radius 2 is 1.92 bits per heavy atom. The van der Waals surface area contributed by atoms with Crippen LogP contribution in [0.2, 0.25) is 0 Å². The molecule has 0 saturated carbocycles. The SMILES string of the molecule is COC(=O)c1ccccc1-n1cccc1[C@H]1[C@@H](c2ccccn2)NC(=S)N1CCCN1CCOCC1. The lowest BCUT2D eigenvalue weighted by molar-refractivity contribution is 0.0365. The van der Waals surface area contributed by atoms with Crippen LogP contribution in [0.3, 0.4) is 0 Å². The molecule has 0 aliphatic carbocycles. The van der Waals surface area contributed by atoms with E-state index in [0.717, 1.165) is 62.9 Å². The first-order valence-electron chi connectivity index (χ1n) is 12.3. The number of methoxy groups -OCH3 is 1. The number of thiocarbonyl (C=S) groups is 1. The molecule has 3 aromatic rings. The quantitative estimate of drug-likeness (QED) is 0.369. The third-order valence-corrected chi connectivity index (χ3v) is 7.18. The molecule has 2 aliphatic rings. The Morgan fingerprint density at radius 3 is 2.69 bits per heavy atom. The monoisotopic (exact) mass is 505 g/mol. The third kappa shape index (κ3) is 5.00. The first-order chi connectivity index (χ1) is 17.7. The van der Waals surface area contributed by atoms with Gasteiger partial charge in [0, 0.05) is 44.3 Å².